The van der Waals surface area contributed by atoms with Crippen molar-refractivity contribution in [2.75, 3.05) is 0 Å². The standard InChI is InChI=1S/C12H17N3O3/c1-3-10(11(16)17)15-12(18)14-7-9-4-5-13-6-8(9)2/h4-6,10H,3,7H2,1-2H3,(H,16,17)(H2,14,15,18)/t10-/m0/s1. The largest absolute Gasteiger partial charge is 0.480 e. The molecule has 1 heterocycles. The number of pyridine rings is 1. The number of nitrogens with one attached hydrogen (secondary N) is 2. The SMILES string of the molecule is CC[C@H](NC(=O)NCc1ccncc1C)C(=O)O. The minimum atomic E-state index is -1.03. The second-order valence-electron chi connectivity index (χ2n) is 3.93. The van der Waals surface area contributed by atoms with Crippen LogP contribution in [0, 0.1) is 6.92 Å². The van der Waals surface area contributed by atoms with Crippen LogP contribution in [-0.4, -0.2) is 28.1 Å². The number of aromatic nitrogens is 1. The molecule has 18 heavy (non-hydrogen) atoms. The van der Waals surface area contributed by atoms with Crippen LogP contribution in [0.5, 0.6) is 0 Å². The van der Waals surface area contributed by atoms with E-state index in [-0.39, 0.29) is 0 Å². The van der Waals surface area contributed by atoms with Crippen molar-refractivity contribution in [2.24, 2.45) is 0 Å². The Hall–Kier alpha value is -2.11. The molecule has 6 heteroatoms. The van der Waals surface area contributed by atoms with Crippen LogP contribution in [0.3, 0.4) is 0 Å². The van der Waals surface area contributed by atoms with Gasteiger partial charge in [0.2, 0.25) is 0 Å². The number of aliphatic carboxylic acids is 1. The van der Waals surface area contributed by atoms with E-state index < -0.39 is 18.0 Å². The van der Waals surface area contributed by atoms with Crippen molar-refractivity contribution in [1.82, 2.24) is 15.6 Å². The van der Waals surface area contributed by atoms with Crippen LogP contribution in [0.15, 0.2) is 18.5 Å². The smallest absolute Gasteiger partial charge is 0.326 e. The Morgan fingerprint density at radius 1 is 1.50 bits per heavy atom. The number of nitrogens with zero attached hydrogens (tertiary/aromatic N) is 1. The van der Waals surface area contributed by atoms with E-state index in [4.69, 9.17) is 5.11 Å². The second-order valence-corrected chi connectivity index (χ2v) is 3.93. The van der Waals surface area contributed by atoms with E-state index in [1.807, 2.05) is 13.0 Å². The van der Waals surface area contributed by atoms with Gasteiger partial charge in [-0.15, -0.1) is 0 Å². The summed E-state index contributed by atoms with van der Waals surface area (Å²) in [7, 11) is 0. The van der Waals surface area contributed by atoms with E-state index in [9.17, 15) is 9.59 Å². The summed E-state index contributed by atoms with van der Waals surface area (Å²) in [5.74, 6) is -1.03. The molecule has 98 valence electrons. The Balaban J connectivity index is 2.47. The molecule has 0 aliphatic rings. The third-order valence-electron chi connectivity index (χ3n) is 2.59. The van der Waals surface area contributed by atoms with Gasteiger partial charge in [-0.1, -0.05) is 6.92 Å². The van der Waals surface area contributed by atoms with Gasteiger partial charge in [0.05, 0.1) is 0 Å². The van der Waals surface area contributed by atoms with Crippen molar-refractivity contribution in [1.29, 1.82) is 0 Å². The molecule has 1 atom stereocenters. The Morgan fingerprint density at radius 3 is 2.78 bits per heavy atom. The molecule has 0 aliphatic carbocycles. The van der Waals surface area contributed by atoms with Gasteiger partial charge in [0, 0.05) is 18.9 Å². The van der Waals surface area contributed by atoms with Gasteiger partial charge in [-0.3, -0.25) is 4.98 Å². The first kappa shape index (κ1) is 14.0. The third-order valence-corrected chi connectivity index (χ3v) is 2.59. The summed E-state index contributed by atoms with van der Waals surface area (Å²) in [6.45, 7) is 3.94. The average Bonchev–Trinajstić information content (AvgIpc) is 2.34. The Kier molecular flexibility index (Phi) is 5.10. The molecule has 0 radical (unpaired) electrons. The zero-order valence-corrected chi connectivity index (χ0v) is 10.4. The molecule has 0 unspecified atom stereocenters. The van der Waals surface area contributed by atoms with Gasteiger partial charge in [-0.2, -0.15) is 0 Å². The van der Waals surface area contributed by atoms with Crippen LogP contribution in [0.25, 0.3) is 0 Å². The first-order valence-electron chi connectivity index (χ1n) is 5.71. The van der Waals surface area contributed by atoms with Gasteiger partial charge >= 0.3 is 12.0 Å². The van der Waals surface area contributed by atoms with Crippen molar-refractivity contribution in [3.05, 3.63) is 29.6 Å². The minimum absolute atomic E-state index is 0.343. The molecular formula is C12H17N3O3. The van der Waals surface area contributed by atoms with Crippen LogP contribution in [0.4, 0.5) is 4.79 Å². The molecule has 1 aromatic heterocycles. The maximum Gasteiger partial charge on any atom is 0.326 e. The monoisotopic (exact) mass is 251 g/mol. The lowest BCUT2D eigenvalue weighted by atomic mass is 10.1. The van der Waals surface area contributed by atoms with Crippen molar-refractivity contribution < 1.29 is 14.7 Å². The highest BCUT2D eigenvalue weighted by Gasteiger charge is 2.17. The van der Waals surface area contributed by atoms with Gasteiger partial charge < -0.3 is 15.7 Å². The fourth-order valence-electron chi connectivity index (χ4n) is 1.42. The maximum absolute atomic E-state index is 11.5. The normalized spacial score (nSPS) is 11.7. The van der Waals surface area contributed by atoms with Crippen LogP contribution in [0.1, 0.15) is 24.5 Å². The highest BCUT2D eigenvalue weighted by molar-refractivity contribution is 5.82. The highest BCUT2D eigenvalue weighted by atomic mass is 16.4. The first-order chi connectivity index (χ1) is 8.54. The number of hydrogen-bond donors (Lipinski definition) is 3. The quantitative estimate of drug-likeness (QED) is 0.729. The zero-order valence-electron chi connectivity index (χ0n) is 10.4. The van der Waals surface area contributed by atoms with Crippen molar-refractivity contribution in [2.45, 2.75) is 32.9 Å². The third kappa shape index (κ3) is 4.04. The molecule has 0 fully saturated rings. The van der Waals surface area contributed by atoms with E-state index in [0.29, 0.717) is 13.0 Å². The zero-order chi connectivity index (χ0) is 13.5. The summed E-state index contributed by atoms with van der Waals surface area (Å²) < 4.78 is 0. The number of carbonyl (C=O) groups excluding carboxylic acids is 1. The molecule has 2 amide bonds. The van der Waals surface area contributed by atoms with Gasteiger partial charge in [0.15, 0.2) is 0 Å². The number of carboxylic acid groups (broad SMARTS) is 1. The average molecular weight is 251 g/mol. The van der Waals surface area contributed by atoms with Crippen LogP contribution in [0.2, 0.25) is 0 Å². The van der Waals surface area contributed by atoms with Crippen LogP contribution >= 0.6 is 0 Å². The molecular weight excluding hydrogens is 234 g/mol. The summed E-state index contributed by atoms with van der Waals surface area (Å²) in [5.41, 5.74) is 1.92. The summed E-state index contributed by atoms with van der Waals surface area (Å²) in [6.07, 6.45) is 3.70. The molecule has 6 nitrogen and oxygen atoms in total. The first-order valence-corrected chi connectivity index (χ1v) is 5.71. The van der Waals surface area contributed by atoms with E-state index in [2.05, 4.69) is 15.6 Å². The molecule has 0 bridgehead atoms. The lowest BCUT2D eigenvalue weighted by Crippen LogP contribution is -2.45. The van der Waals surface area contributed by atoms with Crippen LogP contribution < -0.4 is 10.6 Å². The van der Waals surface area contributed by atoms with Gasteiger partial charge in [-0.25, -0.2) is 9.59 Å². The Labute approximate surface area is 105 Å². The van der Waals surface area contributed by atoms with E-state index >= 15 is 0 Å². The molecule has 0 aliphatic heterocycles. The van der Waals surface area contributed by atoms with Crippen LogP contribution in [-0.2, 0) is 11.3 Å². The van der Waals surface area contributed by atoms with E-state index in [0.717, 1.165) is 11.1 Å². The van der Waals surface area contributed by atoms with E-state index in [1.54, 1.807) is 19.3 Å². The van der Waals surface area contributed by atoms with Gasteiger partial charge in [0.1, 0.15) is 6.04 Å². The summed E-state index contributed by atoms with van der Waals surface area (Å²) >= 11 is 0. The number of aryl methyl sites for hydroxylation is 1. The second kappa shape index (κ2) is 6.58. The van der Waals surface area contributed by atoms with Crippen molar-refractivity contribution in [3.63, 3.8) is 0 Å². The predicted octanol–water partition coefficient (Wildman–Crippen LogP) is 1.05. The topological polar surface area (TPSA) is 91.3 Å². The summed E-state index contributed by atoms with van der Waals surface area (Å²) in [5, 5.41) is 13.8. The fourth-order valence-corrected chi connectivity index (χ4v) is 1.42. The number of amides is 2. The molecule has 0 saturated carbocycles. The maximum atomic E-state index is 11.5. The summed E-state index contributed by atoms with van der Waals surface area (Å²) in [6, 6.07) is 0.466. The highest BCUT2D eigenvalue weighted by Crippen LogP contribution is 2.03. The number of hydrogen-bond acceptors (Lipinski definition) is 3. The van der Waals surface area contributed by atoms with E-state index in [1.165, 1.54) is 0 Å². The number of carboxylic acids is 1. The molecule has 0 aromatic carbocycles. The lowest BCUT2D eigenvalue weighted by Gasteiger charge is -2.13. The Bertz CT molecular complexity index is 434. The number of carbonyl (C=O) groups is 2. The number of rotatable bonds is 5. The van der Waals surface area contributed by atoms with Gasteiger partial charge in [0.25, 0.3) is 0 Å². The molecule has 3 N–H and O–H groups in total. The lowest BCUT2D eigenvalue weighted by molar-refractivity contribution is -0.139. The fraction of sp³-hybridized carbons (Fsp3) is 0.417. The Morgan fingerprint density at radius 2 is 2.22 bits per heavy atom. The molecule has 0 saturated heterocycles. The predicted molar refractivity (Wildman–Crippen MR) is 66.1 cm³/mol. The summed E-state index contributed by atoms with van der Waals surface area (Å²) in [4.78, 5) is 26.2. The van der Waals surface area contributed by atoms with Crippen molar-refractivity contribution in [3.8, 4) is 0 Å². The molecule has 1 rings (SSSR count). The molecule has 1 aromatic rings. The minimum Gasteiger partial charge on any atom is -0.480 e. The molecule has 0 spiro atoms. The number of urea groups is 1. The van der Waals surface area contributed by atoms with Crippen molar-refractivity contribution >= 4 is 12.0 Å². The van der Waals surface area contributed by atoms with Gasteiger partial charge in [-0.05, 0) is 30.5 Å².